The molecule has 3 aromatic rings. The third-order valence-electron chi connectivity index (χ3n) is 6.70. The lowest BCUT2D eigenvalue weighted by Gasteiger charge is -2.34. The van der Waals surface area contributed by atoms with Crippen molar-refractivity contribution in [2.45, 2.75) is 18.9 Å². The number of nitrogens with zero attached hydrogens (tertiary/aromatic N) is 4. The number of morpholine rings is 1. The Bertz CT molecular complexity index is 1170. The molecule has 2 aliphatic rings. The van der Waals surface area contributed by atoms with E-state index in [4.69, 9.17) is 4.74 Å². The molecule has 2 saturated heterocycles. The van der Waals surface area contributed by atoms with E-state index in [-0.39, 0.29) is 23.6 Å². The highest BCUT2D eigenvalue weighted by Gasteiger charge is 2.41. The molecule has 4 heterocycles. The Kier molecular flexibility index (Phi) is 5.40. The first-order chi connectivity index (χ1) is 15.6. The second kappa shape index (κ2) is 8.37. The van der Waals surface area contributed by atoms with Crippen LogP contribution in [0.5, 0.6) is 5.75 Å². The Morgan fingerprint density at radius 1 is 1.25 bits per heavy atom. The Hall–Kier alpha value is -3.23. The van der Waals surface area contributed by atoms with Crippen molar-refractivity contribution in [2.24, 2.45) is 0 Å². The second-order valence-electron chi connectivity index (χ2n) is 8.44. The van der Waals surface area contributed by atoms with Gasteiger partial charge in [0.1, 0.15) is 5.75 Å². The maximum absolute atomic E-state index is 12.4. The summed E-state index contributed by atoms with van der Waals surface area (Å²) in [4.78, 5) is 20.2. The molecule has 5 rings (SSSR count). The summed E-state index contributed by atoms with van der Waals surface area (Å²) < 4.78 is 5.55. The van der Waals surface area contributed by atoms with E-state index < -0.39 is 0 Å². The molecule has 0 saturated carbocycles. The van der Waals surface area contributed by atoms with E-state index in [9.17, 15) is 9.90 Å². The summed E-state index contributed by atoms with van der Waals surface area (Å²) in [6, 6.07) is 9.30. The maximum atomic E-state index is 12.4. The van der Waals surface area contributed by atoms with Crippen molar-refractivity contribution >= 4 is 16.9 Å². The van der Waals surface area contributed by atoms with Crippen molar-refractivity contribution < 1.29 is 14.6 Å². The summed E-state index contributed by atoms with van der Waals surface area (Å²) in [6.07, 6.45) is 1.39. The van der Waals surface area contributed by atoms with E-state index in [1.807, 2.05) is 23.1 Å². The topological polar surface area (TPSA) is 94.6 Å². The van der Waals surface area contributed by atoms with Gasteiger partial charge in [0.25, 0.3) is 0 Å². The molecule has 2 atom stereocenters. The number of hydrogen-bond acceptors (Lipinski definition) is 6. The Balaban J connectivity index is 1.54. The van der Waals surface area contributed by atoms with Crippen LogP contribution in [-0.4, -0.2) is 81.4 Å². The third-order valence-corrected chi connectivity index (χ3v) is 6.70. The lowest BCUT2D eigenvalue weighted by atomic mass is 9.94. The molecule has 1 aromatic carbocycles. The number of ether oxygens (including phenoxy) is 1. The predicted octanol–water partition coefficient (Wildman–Crippen LogP) is 2.45. The number of aromatic nitrogens is 3. The number of fused-ring (bicyclic) bond motifs is 1. The summed E-state index contributed by atoms with van der Waals surface area (Å²) in [7, 11) is 0. The summed E-state index contributed by atoms with van der Waals surface area (Å²) in [5, 5.41) is 20.0. The average molecular weight is 434 g/mol. The molecule has 0 bridgehead atoms. The van der Waals surface area contributed by atoms with Crippen LogP contribution in [0.4, 0.5) is 0 Å². The highest BCUT2D eigenvalue weighted by molar-refractivity contribution is 5.88. The largest absolute Gasteiger partial charge is 0.507 e. The zero-order valence-corrected chi connectivity index (χ0v) is 18.1. The lowest BCUT2D eigenvalue weighted by molar-refractivity contribution is -0.125. The quantitative estimate of drug-likeness (QED) is 0.614. The molecule has 2 fully saturated rings. The van der Waals surface area contributed by atoms with Gasteiger partial charge in [-0.2, -0.15) is 0 Å². The zero-order chi connectivity index (χ0) is 22.2. The van der Waals surface area contributed by atoms with Gasteiger partial charge in [0.05, 0.1) is 18.9 Å². The molecule has 166 valence electrons. The number of phenolic OH excluding ortho intramolecular Hbond substituents is 1. The number of benzene rings is 1. The van der Waals surface area contributed by atoms with Crippen LogP contribution < -0.4 is 0 Å². The minimum absolute atomic E-state index is 0.0406. The smallest absolute Gasteiger partial charge is 0.246 e. The van der Waals surface area contributed by atoms with E-state index in [1.54, 1.807) is 12.1 Å². The molecular weight excluding hydrogens is 406 g/mol. The van der Waals surface area contributed by atoms with Crippen LogP contribution >= 0.6 is 0 Å². The molecular formula is C24H27N5O3. The molecule has 1 unspecified atom stereocenters. The Morgan fingerprint density at radius 2 is 2.03 bits per heavy atom. The Morgan fingerprint density at radius 3 is 2.78 bits per heavy atom. The molecule has 2 aliphatic heterocycles. The summed E-state index contributed by atoms with van der Waals surface area (Å²) >= 11 is 0. The molecule has 0 radical (unpaired) electrons. The van der Waals surface area contributed by atoms with Crippen LogP contribution in [0.25, 0.3) is 22.3 Å². The number of rotatable bonds is 4. The first kappa shape index (κ1) is 20.7. The van der Waals surface area contributed by atoms with Crippen molar-refractivity contribution in [1.29, 1.82) is 0 Å². The number of aryl methyl sites for hydroxylation is 1. The van der Waals surface area contributed by atoms with Crippen molar-refractivity contribution in [3.63, 3.8) is 0 Å². The number of nitrogens with one attached hydrogen (secondary N) is 1. The van der Waals surface area contributed by atoms with Crippen molar-refractivity contribution in [3.05, 3.63) is 54.2 Å². The summed E-state index contributed by atoms with van der Waals surface area (Å²) in [6.45, 7) is 10.2. The zero-order valence-electron chi connectivity index (χ0n) is 18.1. The molecule has 8 heteroatoms. The number of hydrogen-bond donors (Lipinski definition) is 2. The van der Waals surface area contributed by atoms with Gasteiger partial charge in [-0.05, 0) is 36.8 Å². The summed E-state index contributed by atoms with van der Waals surface area (Å²) in [5.41, 5.74) is 4.18. The molecule has 32 heavy (non-hydrogen) atoms. The monoisotopic (exact) mass is 433 g/mol. The number of carbonyl (C=O) groups is 1. The van der Waals surface area contributed by atoms with Gasteiger partial charge in [0.15, 0.2) is 5.65 Å². The van der Waals surface area contributed by atoms with Crippen molar-refractivity contribution in [3.8, 4) is 17.0 Å². The number of H-pyrrole nitrogens is 1. The first-order valence-corrected chi connectivity index (χ1v) is 10.9. The molecule has 0 aliphatic carbocycles. The number of likely N-dealkylation sites (tertiary alicyclic amines) is 1. The second-order valence-corrected chi connectivity index (χ2v) is 8.44. The van der Waals surface area contributed by atoms with Crippen LogP contribution in [0, 0.1) is 6.92 Å². The van der Waals surface area contributed by atoms with Gasteiger partial charge in [0.2, 0.25) is 5.91 Å². The lowest BCUT2D eigenvalue weighted by Crippen LogP contribution is -2.47. The minimum Gasteiger partial charge on any atom is -0.507 e. The van der Waals surface area contributed by atoms with E-state index in [1.165, 1.54) is 6.08 Å². The number of phenols is 1. The van der Waals surface area contributed by atoms with Gasteiger partial charge in [-0.1, -0.05) is 18.7 Å². The number of amides is 1. The average Bonchev–Trinajstić information content (AvgIpc) is 3.41. The van der Waals surface area contributed by atoms with E-state index in [2.05, 4.69) is 33.6 Å². The number of aromatic hydroxyl groups is 1. The van der Waals surface area contributed by atoms with Crippen molar-refractivity contribution in [2.75, 3.05) is 39.4 Å². The van der Waals surface area contributed by atoms with Crippen LogP contribution in [0.2, 0.25) is 0 Å². The fourth-order valence-corrected chi connectivity index (χ4v) is 4.99. The van der Waals surface area contributed by atoms with E-state index >= 15 is 0 Å². The fourth-order valence-electron chi connectivity index (χ4n) is 4.99. The highest BCUT2D eigenvalue weighted by Crippen LogP contribution is 2.37. The van der Waals surface area contributed by atoms with Gasteiger partial charge in [-0.3, -0.25) is 9.69 Å². The molecule has 0 spiro atoms. The Labute approximate surface area is 186 Å². The van der Waals surface area contributed by atoms with Gasteiger partial charge >= 0.3 is 0 Å². The maximum Gasteiger partial charge on any atom is 0.246 e. The molecule has 2 aromatic heterocycles. The van der Waals surface area contributed by atoms with Crippen LogP contribution in [0.15, 0.2) is 43.0 Å². The SMILES string of the molecule is C=CC(=O)N1CC(N2CCOCC2)[C@H](c2[nH]c3nnc(-c4ccccc4O)cc3c2C)C1. The number of carbonyl (C=O) groups excluding carboxylic acids is 1. The molecule has 8 nitrogen and oxygen atoms in total. The molecule has 2 N–H and O–H groups in total. The summed E-state index contributed by atoms with van der Waals surface area (Å²) in [5.74, 6) is 0.261. The fraction of sp³-hybridized carbons (Fsp3) is 0.375. The van der Waals surface area contributed by atoms with Gasteiger partial charge in [0, 0.05) is 54.8 Å². The van der Waals surface area contributed by atoms with Crippen LogP contribution in [-0.2, 0) is 9.53 Å². The number of para-hydroxylation sites is 1. The van der Waals surface area contributed by atoms with Gasteiger partial charge in [-0.25, -0.2) is 0 Å². The van der Waals surface area contributed by atoms with Crippen LogP contribution in [0.3, 0.4) is 0 Å². The van der Waals surface area contributed by atoms with Crippen LogP contribution in [0.1, 0.15) is 17.2 Å². The van der Waals surface area contributed by atoms with Gasteiger partial charge < -0.3 is 19.7 Å². The first-order valence-electron chi connectivity index (χ1n) is 10.9. The van der Waals surface area contributed by atoms with Gasteiger partial charge in [-0.15, -0.1) is 10.2 Å². The van der Waals surface area contributed by atoms with E-state index in [0.29, 0.717) is 43.2 Å². The predicted molar refractivity (Wildman–Crippen MR) is 121 cm³/mol. The molecule has 1 amide bonds. The normalized spacial score (nSPS) is 21.8. The van der Waals surface area contributed by atoms with Crippen molar-refractivity contribution in [1.82, 2.24) is 25.0 Å². The number of aromatic amines is 1. The third kappa shape index (κ3) is 3.55. The minimum atomic E-state index is -0.0406. The van der Waals surface area contributed by atoms with E-state index in [0.717, 1.165) is 29.7 Å². The highest BCUT2D eigenvalue weighted by atomic mass is 16.5. The standard InChI is InChI=1S/C24H27N5O3/c1-3-22(31)29-13-18(20(14-29)28-8-10-32-11-9-28)23-15(2)17-12-19(26-27-24(17)25-23)16-6-4-5-7-21(16)30/h3-7,12,18,20,30H,1,8-11,13-14H2,2H3,(H,25,27)/t18-,20?/m1/s1.